The monoisotopic (exact) mass is 301 g/mol. The first kappa shape index (κ1) is 16.3. The first-order valence-electron chi connectivity index (χ1n) is 7.65. The van der Waals surface area contributed by atoms with Crippen molar-refractivity contribution in [1.82, 2.24) is 0 Å². The van der Waals surface area contributed by atoms with Gasteiger partial charge in [-0.2, -0.15) is 0 Å². The summed E-state index contributed by atoms with van der Waals surface area (Å²) in [4.78, 5) is 25.7. The van der Waals surface area contributed by atoms with E-state index in [-0.39, 0.29) is 11.0 Å². The highest BCUT2D eigenvalue weighted by atomic mass is 16.4. The van der Waals surface area contributed by atoms with Crippen LogP contribution < -0.4 is 10.5 Å². The van der Waals surface area contributed by atoms with Crippen LogP contribution in [-0.4, -0.2) is 19.4 Å². The molecule has 0 fully saturated rings. The number of carbonyl (C=O) groups is 1. The minimum absolute atomic E-state index is 0.121. The lowest BCUT2D eigenvalue weighted by Crippen LogP contribution is -2.23. The quantitative estimate of drug-likeness (QED) is 0.637. The van der Waals surface area contributed by atoms with Gasteiger partial charge in [-0.1, -0.05) is 20.8 Å². The molecule has 0 saturated carbocycles. The van der Waals surface area contributed by atoms with Gasteiger partial charge in [0.2, 0.25) is 0 Å². The Balaban J connectivity index is 2.82. The second-order valence-corrected chi connectivity index (χ2v) is 6.40. The van der Waals surface area contributed by atoms with Gasteiger partial charge in [0.15, 0.2) is 6.29 Å². The number of rotatable bonds is 4. The number of fused-ring (bicyclic) bond motifs is 1. The van der Waals surface area contributed by atoms with Crippen LogP contribution in [0, 0.1) is 0 Å². The summed E-state index contributed by atoms with van der Waals surface area (Å²) < 4.78 is 5.39. The number of benzene rings is 1. The van der Waals surface area contributed by atoms with E-state index in [1.54, 1.807) is 0 Å². The molecule has 4 nitrogen and oxygen atoms in total. The van der Waals surface area contributed by atoms with Crippen LogP contribution in [0.1, 0.15) is 50.5 Å². The maximum Gasteiger partial charge on any atom is 0.347 e. The van der Waals surface area contributed by atoms with E-state index >= 15 is 0 Å². The largest absolute Gasteiger partial charge is 0.422 e. The number of nitrogens with zero attached hydrogens (tertiary/aromatic N) is 1. The Labute approximate surface area is 130 Å². The van der Waals surface area contributed by atoms with Crippen molar-refractivity contribution in [1.29, 1.82) is 0 Å². The van der Waals surface area contributed by atoms with Crippen molar-refractivity contribution >= 4 is 22.9 Å². The molecule has 1 heterocycles. The maximum atomic E-state index is 12.1. The van der Waals surface area contributed by atoms with Gasteiger partial charge in [0.1, 0.15) is 11.1 Å². The molecule has 0 saturated heterocycles. The van der Waals surface area contributed by atoms with Gasteiger partial charge in [0.25, 0.3) is 0 Å². The summed E-state index contributed by atoms with van der Waals surface area (Å²) >= 11 is 0. The van der Waals surface area contributed by atoms with E-state index in [9.17, 15) is 9.59 Å². The molecule has 0 N–H and O–H groups in total. The van der Waals surface area contributed by atoms with Crippen LogP contribution in [0.15, 0.2) is 27.4 Å². The SMILES string of the molecule is CCN(CC)c1ccc2c(C(C)(C)C)c(C=O)c(=O)oc2c1. The predicted molar refractivity (Wildman–Crippen MR) is 90.1 cm³/mol. The van der Waals surface area contributed by atoms with Gasteiger partial charge in [-0.25, -0.2) is 4.79 Å². The molecule has 2 rings (SSSR count). The molecule has 0 radical (unpaired) electrons. The number of aldehydes is 1. The number of anilines is 1. The van der Waals surface area contributed by atoms with E-state index in [0.29, 0.717) is 11.9 Å². The smallest absolute Gasteiger partial charge is 0.347 e. The lowest BCUT2D eigenvalue weighted by Gasteiger charge is -2.24. The van der Waals surface area contributed by atoms with Gasteiger partial charge in [-0.3, -0.25) is 4.79 Å². The minimum Gasteiger partial charge on any atom is -0.422 e. The van der Waals surface area contributed by atoms with Crippen LogP contribution in [0.4, 0.5) is 5.69 Å². The molecule has 1 aromatic heterocycles. The molecule has 0 atom stereocenters. The van der Waals surface area contributed by atoms with Gasteiger partial charge in [0.05, 0.1) is 0 Å². The molecule has 22 heavy (non-hydrogen) atoms. The number of carbonyl (C=O) groups excluding carboxylic acids is 1. The fourth-order valence-electron chi connectivity index (χ4n) is 2.90. The Morgan fingerprint density at radius 3 is 2.32 bits per heavy atom. The number of hydrogen-bond acceptors (Lipinski definition) is 4. The maximum absolute atomic E-state index is 12.1. The van der Waals surface area contributed by atoms with Gasteiger partial charge in [-0.15, -0.1) is 0 Å². The van der Waals surface area contributed by atoms with E-state index in [1.807, 2.05) is 39.0 Å². The molecule has 1 aromatic carbocycles. The topological polar surface area (TPSA) is 50.5 Å². The third-order valence-corrected chi connectivity index (χ3v) is 3.92. The molecule has 2 aromatic rings. The van der Waals surface area contributed by atoms with Crippen LogP contribution in [-0.2, 0) is 5.41 Å². The van der Waals surface area contributed by atoms with Crippen molar-refractivity contribution in [2.45, 2.75) is 40.0 Å². The van der Waals surface area contributed by atoms with Crippen molar-refractivity contribution in [3.8, 4) is 0 Å². The van der Waals surface area contributed by atoms with Crippen molar-refractivity contribution in [2.75, 3.05) is 18.0 Å². The number of hydrogen-bond donors (Lipinski definition) is 0. The molecule has 0 amide bonds. The Morgan fingerprint density at radius 2 is 1.82 bits per heavy atom. The Hall–Kier alpha value is -2.10. The highest BCUT2D eigenvalue weighted by Gasteiger charge is 2.25. The summed E-state index contributed by atoms with van der Waals surface area (Å²) in [6.45, 7) is 11.9. The molecule has 4 heteroatoms. The lowest BCUT2D eigenvalue weighted by atomic mass is 9.82. The van der Waals surface area contributed by atoms with Crippen molar-refractivity contribution in [3.05, 3.63) is 39.7 Å². The highest BCUT2D eigenvalue weighted by molar-refractivity contribution is 5.91. The fourth-order valence-corrected chi connectivity index (χ4v) is 2.90. The minimum atomic E-state index is -0.566. The summed E-state index contributed by atoms with van der Waals surface area (Å²) in [6.07, 6.45) is 0.601. The average molecular weight is 301 g/mol. The Bertz CT molecular complexity index is 749. The molecule has 0 aliphatic heterocycles. The van der Waals surface area contributed by atoms with Gasteiger partial charge >= 0.3 is 5.63 Å². The van der Waals surface area contributed by atoms with Crippen LogP contribution in [0.2, 0.25) is 0 Å². The third-order valence-electron chi connectivity index (χ3n) is 3.92. The normalized spacial score (nSPS) is 11.7. The van der Waals surface area contributed by atoms with Crippen molar-refractivity contribution in [2.24, 2.45) is 0 Å². The predicted octanol–water partition coefficient (Wildman–Crippen LogP) is 3.75. The van der Waals surface area contributed by atoms with E-state index in [2.05, 4.69) is 18.7 Å². The molecule has 0 aliphatic rings. The second-order valence-electron chi connectivity index (χ2n) is 6.40. The fraction of sp³-hybridized carbons (Fsp3) is 0.444. The van der Waals surface area contributed by atoms with E-state index in [4.69, 9.17) is 4.42 Å². The Kier molecular flexibility index (Phi) is 4.40. The summed E-state index contributed by atoms with van der Waals surface area (Å²) in [5, 5.41) is 0.824. The van der Waals surface area contributed by atoms with Crippen LogP contribution in [0.3, 0.4) is 0 Å². The molecule has 118 valence electrons. The first-order chi connectivity index (χ1) is 10.3. The van der Waals surface area contributed by atoms with Crippen molar-refractivity contribution in [3.63, 3.8) is 0 Å². The summed E-state index contributed by atoms with van der Waals surface area (Å²) in [6, 6.07) is 5.84. The molecule has 0 spiro atoms. The zero-order valence-electron chi connectivity index (χ0n) is 13.9. The van der Waals surface area contributed by atoms with Gasteiger partial charge < -0.3 is 9.32 Å². The average Bonchev–Trinajstić information content (AvgIpc) is 2.45. The Morgan fingerprint density at radius 1 is 1.18 bits per heavy atom. The zero-order chi connectivity index (χ0) is 16.5. The van der Waals surface area contributed by atoms with Crippen LogP contribution in [0.5, 0.6) is 0 Å². The lowest BCUT2D eigenvalue weighted by molar-refractivity contribution is 0.111. The van der Waals surface area contributed by atoms with E-state index < -0.39 is 5.63 Å². The first-order valence-corrected chi connectivity index (χ1v) is 7.65. The molecular formula is C18H23NO3. The molecular weight excluding hydrogens is 278 g/mol. The van der Waals surface area contributed by atoms with E-state index in [0.717, 1.165) is 29.7 Å². The summed E-state index contributed by atoms with van der Waals surface area (Å²) in [7, 11) is 0. The third kappa shape index (κ3) is 2.78. The summed E-state index contributed by atoms with van der Waals surface area (Å²) in [5.74, 6) is 0. The van der Waals surface area contributed by atoms with E-state index in [1.165, 1.54) is 0 Å². The standard InChI is InChI=1S/C18H23NO3/c1-6-19(7-2)12-8-9-13-15(10-12)22-17(21)14(11-20)16(13)18(3,4)5/h8-11H,6-7H2,1-5H3. The molecule has 0 unspecified atom stereocenters. The summed E-state index contributed by atoms with van der Waals surface area (Å²) in [5.41, 5.74) is 1.53. The van der Waals surface area contributed by atoms with Crippen molar-refractivity contribution < 1.29 is 9.21 Å². The van der Waals surface area contributed by atoms with Gasteiger partial charge in [0, 0.05) is 30.2 Å². The second kappa shape index (κ2) is 5.95. The highest BCUT2D eigenvalue weighted by Crippen LogP contribution is 2.32. The van der Waals surface area contributed by atoms with Crippen LogP contribution >= 0.6 is 0 Å². The molecule has 0 bridgehead atoms. The molecule has 0 aliphatic carbocycles. The zero-order valence-corrected chi connectivity index (χ0v) is 13.9. The van der Waals surface area contributed by atoms with Gasteiger partial charge in [-0.05, 0) is 37.0 Å². The van der Waals surface area contributed by atoms with Crippen LogP contribution in [0.25, 0.3) is 11.0 Å².